The second-order valence-electron chi connectivity index (χ2n) is 9.73. The van der Waals surface area contributed by atoms with Gasteiger partial charge in [-0.1, -0.05) is 24.3 Å². The van der Waals surface area contributed by atoms with E-state index in [9.17, 15) is 9.59 Å². The number of fused-ring (bicyclic) bond motifs is 2. The number of nitrogens with zero attached hydrogens (tertiary/aromatic N) is 4. The highest BCUT2D eigenvalue weighted by Crippen LogP contribution is 2.34. The fourth-order valence-corrected chi connectivity index (χ4v) is 6.36. The van der Waals surface area contributed by atoms with Crippen molar-refractivity contribution in [3.05, 3.63) is 81.0 Å². The summed E-state index contributed by atoms with van der Waals surface area (Å²) in [7, 11) is 2.12. The van der Waals surface area contributed by atoms with Crippen molar-refractivity contribution in [2.45, 2.75) is 25.9 Å². The van der Waals surface area contributed by atoms with Crippen LogP contribution in [0.5, 0.6) is 0 Å². The van der Waals surface area contributed by atoms with E-state index < -0.39 is 0 Å². The molecule has 35 heavy (non-hydrogen) atoms. The molecule has 3 aliphatic heterocycles. The fraction of sp³-hybridized carbons (Fsp3) is 0.357. The maximum Gasteiger partial charge on any atom is 0.263 e. The van der Waals surface area contributed by atoms with Gasteiger partial charge in [0.05, 0.1) is 23.4 Å². The molecule has 3 aromatic rings. The molecule has 2 aromatic carbocycles. The van der Waals surface area contributed by atoms with Gasteiger partial charge in [-0.25, -0.2) is 0 Å². The van der Waals surface area contributed by atoms with Crippen LogP contribution in [0, 0.1) is 0 Å². The summed E-state index contributed by atoms with van der Waals surface area (Å²) in [6.07, 6.45) is 2.17. The first kappa shape index (κ1) is 22.3. The highest BCUT2D eigenvalue weighted by atomic mass is 32.1. The Hall–Kier alpha value is -3.16. The third-order valence-electron chi connectivity index (χ3n) is 7.49. The maximum absolute atomic E-state index is 13.6. The van der Waals surface area contributed by atoms with Gasteiger partial charge in [-0.05, 0) is 53.6 Å². The zero-order valence-corrected chi connectivity index (χ0v) is 20.9. The van der Waals surface area contributed by atoms with Crippen molar-refractivity contribution in [3.8, 4) is 0 Å². The quantitative estimate of drug-likeness (QED) is 0.505. The number of thiophene rings is 1. The monoisotopic (exact) mass is 486 g/mol. The Morgan fingerprint density at radius 3 is 2.51 bits per heavy atom. The van der Waals surface area contributed by atoms with Crippen LogP contribution in [-0.2, 0) is 19.5 Å². The molecule has 0 atom stereocenters. The lowest BCUT2D eigenvalue weighted by Gasteiger charge is -2.36. The summed E-state index contributed by atoms with van der Waals surface area (Å²) in [6.45, 7) is 5.94. The van der Waals surface area contributed by atoms with Crippen LogP contribution >= 0.6 is 11.3 Å². The first-order valence-corrected chi connectivity index (χ1v) is 13.3. The van der Waals surface area contributed by atoms with E-state index in [0.29, 0.717) is 17.7 Å². The summed E-state index contributed by atoms with van der Waals surface area (Å²) < 4.78 is 0. The number of carbonyl (C=O) groups excluding carboxylic acids is 2. The summed E-state index contributed by atoms with van der Waals surface area (Å²) in [6, 6.07) is 16.3. The van der Waals surface area contributed by atoms with Crippen LogP contribution in [0.25, 0.3) is 0 Å². The number of hydrogen-bond acceptors (Lipinski definition) is 6. The molecule has 180 valence electrons. The minimum Gasteiger partial charge on any atom is -0.374 e. The van der Waals surface area contributed by atoms with Crippen LogP contribution in [0.4, 0.5) is 11.4 Å². The molecule has 7 heteroatoms. The van der Waals surface area contributed by atoms with Crippen molar-refractivity contribution in [2.24, 2.45) is 0 Å². The Kier molecular flexibility index (Phi) is 5.82. The first-order chi connectivity index (χ1) is 17.1. The molecule has 0 N–H and O–H groups in total. The number of hydrogen-bond donors (Lipinski definition) is 0. The van der Waals surface area contributed by atoms with Crippen molar-refractivity contribution in [1.29, 1.82) is 0 Å². The van der Waals surface area contributed by atoms with E-state index in [1.54, 1.807) is 17.4 Å². The van der Waals surface area contributed by atoms with E-state index in [1.807, 2.05) is 12.1 Å². The van der Waals surface area contributed by atoms with Crippen molar-refractivity contribution in [2.75, 3.05) is 49.6 Å². The standard InChI is InChI=1S/C28H30N4O2S/c1-29-11-3-5-21-17-20(9-10-24(21)29)18-32-27(33)23-7-2-8-25(26(23)28(32)34)31-14-12-30(13-15-31)19-22-6-4-16-35-22/h2,4,6-10,16-17H,3,5,11-15,18-19H2,1H3. The number of anilines is 2. The molecule has 0 spiro atoms. The lowest BCUT2D eigenvalue weighted by Crippen LogP contribution is -2.46. The van der Waals surface area contributed by atoms with E-state index in [1.165, 1.54) is 21.0 Å². The number of amides is 2. The molecular weight excluding hydrogens is 456 g/mol. The molecule has 3 aliphatic rings. The van der Waals surface area contributed by atoms with Gasteiger partial charge >= 0.3 is 0 Å². The Balaban J connectivity index is 1.19. The van der Waals surface area contributed by atoms with Crippen LogP contribution in [0.1, 0.15) is 43.1 Å². The van der Waals surface area contributed by atoms with Crippen molar-refractivity contribution >= 4 is 34.5 Å². The van der Waals surface area contributed by atoms with E-state index in [4.69, 9.17) is 0 Å². The molecule has 1 aromatic heterocycles. The number of piperazine rings is 1. The van der Waals surface area contributed by atoms with Gasteiger partial charge in [0.1, 0.15) is 0 Å². The lowest BCUT2D eigenvalue weighted by atomic mass is 9.99. The summed E-state index contributed by atoms with van der Waals surface area (Å²) in [5.74, 6) is -0.352. The van der Waals surface area contributed by atoms with Crippen LogP contribution in [0.3, 0.4) is 0 Å². The van der Waals surface area contributed by atoms with Crippen LogP contribution in [0.15, 0.2) is 53.9 Å². The zero-order valence-electron chi connectivity index (χ0n) is 20.1. The van der Waals surface area contributed by atoms with E-state index in [2.05, 4.69) is 57.5 Å². The Labute approximate surface area is 210 Å². The molecule has 0 saturated carbocycles. The van der Waals surface area contributed by atoms with Gasteiger partial charge < -0.3 is 9.80 Å². The van der Waals surface area contributed by atoms with Gasteiger partial charge in [0.25, 0.3) is 11.8 Å². The Bertz CT molecular complexity index is 1260. The van der Waals surface area contributed by atoms with Gasteiger partial charge in [-0.2, -0.15) is 0 Å². The largest absolute Gasteiger partial charge is 0.374 e. The summed E-state index contributed by atoms with van der Waals surface area (Å²) in [5.41, 5.74) is 5.56. The van der Waals surface area contributed by atoms with Crippen molar-refractivity contribution in [3.63, 3.8) is 0 Å². The topological polar surface area (TPSA) is 47.1 Å². The van der Waals surface area contributed by atoms with Crippen molar-refractivity contribution in [1.82, 2.24) is 9.80 Å². The van der Waals surface area contributed by atoms with Crippen LogP contribution < -0.4 is 9.80 Å². The minimum atomic E-state index is -0.182. The van der Waals surface area contributed by atoms with Gasteiger partial charge in [-0.3, -0.25) is 19.4 Å². The molecule has 2 amide bonds. The third kappa shape index (κ3) is 4.13. The average Bonchev–Trinajstić information content (AvgIpc) is 3.47. The number of benzene rings is 2. The minimum absolute atomic E-state index is 0.170. The molecule has 0 bridgehead atoms. The SMILES string of the molecule is CN1CCCc2cc(CN3C(=O)c4cccc(N5CCN(Cc6cccs6)CC5)c4C3=O)ccc21. The zero-order chi connectivity index (χ0) is 23.9. The molecule has 6 rings (SSSR count). The summed E-state index contributed by atoms with van der Waals surface area (Å²) >= 11 is 1.79. The van der Waals surface area contributed by atoms with Gasteiger partial charge in [-0.15, -0.1) is 11.3 Å². The van der Waals surface area contributed by atoms with Gasteiger partial charge in [0, 0.05) is 56.9 Å². The van der Waals surface area contributed by atoms with E-state index >= 15 is 0 Å². The highest BCUT2D eigenvalue weighted by Gasteiger charge is 2.39. The number of carbonyl (C=O) groups is 2. The van der Waals surface area contributed by atoms with E-state index in [0.717, 1.165) is 63.4 Å². The van der Waals surface area contributed by atoms with Crippen LogP contribution in [0.2, 0.25) is 0 Å². The Morgan fingerprint density at radius 2 is 1.71 bits per heavy atom. The second-order valence-corrected chi connectivity index (χ2v) is 10.8. The molecule has 1 fully saturated rings. The Morgan fingerprint density at radius 1 is 0.857 bits per heavy atom. The number of imide groups is 1. The van der Waals surface area contributed by atoms with Crippen molar-refractivity contribution < 1.29 is 9.59 Å². The number of aryl methyl sites for hydroxylation is 1. The molecule has 6 nitrogen and oxygen atoms in total. The lowest BCUT2D eigenvalue weighted by molar-refractivity contribution is 0.0642. The molecule has 0 radical (unpaired) electrons. The van der Waals surface area contributed by atoms with Gasteiger partial charge in [0.15, 0.2) is 0 Å². The van der Waals surface area contributed by atoms with E-state index in [-0.39, 0.29) is 11.8 Å². The maximum atomic E-state index is 13.6. The normalized spacial score (nSPS) is 18.3. The average molecular weight is 487 g/mol. The number of rotatable bonds is 5. The highest BCUT2D eigenvalue weighted by molar-refractivity contribution is 7.09. The first-order valence-electron chi connectivity index (χ1n) is 12.4. The molecule has 4 heterocycles. The fourth-order valence-electron chi connectivity index (χ4n) is 5.61. The summed E-state index contributed by atoms with van der Waals surface area (Å²) in [4.78, 5) is 36.6. The van der Waals surface area contributed by atoms with Gasteiger partial charge in [0.2, 0.25) is 0 Å². The predicted molar refractivity (Wildman–Crippen MR) is 140 cm³/mol. The van der Waals surface area contributed by atoms with Crippen LogP contribution in [-0.4, -0.2) is 61.4 Å². The second kappa shape index (κ2) is 9.13. The molecular formula is C28H30N4O2S. The smallest absolute Gasteiger partial charge is 0.263 e. The molecule has 0 unspecified atom stereocenters. The summed E-state index contributed by atoms with van der Waals surface area (Å²) in [5, 5.41) is 2.12. The predicted octanol–water partition coefficient (Wildman–Crippen LogP) is 4.25. The molecule has 0 aliphatic carbocycles. The third-order valence-corrected chi connectivity index (χ3v) is 8.35. The molecule has 1 saturated heterocycles.